The summed E-state index contributed by atoms with van der Waals surface area (Å²) in [6, 6.07) is 11.2. The Kier molecular flexibility index (Phi) is 5.24. The summed E-state index contributed by atoms with van der Waals surface area (Å²) in [4.78, 5) is 8.58. The molecule has 5 heteroatoms. The van der Waals surface area contributed by atoms with Crippen molar-refractivity contribution in [2.45, 2.75) is 44.6 Å². The highest BCUT2D eigenvalue weighted by Crippen LogP contribution is 2.28. The van der Waals surface area contributed by atoms with Crippen molar-refractivity contribution in [3.05, 3.63) is 60.6 Å². The summed E-state index contributed by atoms with van der Waals surface area (Å²) in [5.41, 5.74) is 2.21. The van der Waals surface area contributed by atoms with Gasteiger partial charge in [-0.2, -0.15) is 5.10 Å². The van der Waals surface area contributed by atoms with Gasteiger partial charge in [0.1, 0.15) is 12.1 Å². The third kappa shape index (κ3) is 4.10. The van der Waals surface area contributed by atoms with Gasteiger partial charge < -0.3 is 5.32 Å². The molecule has 0 amide bonds. The number of benzene rings is 1. The summed E-state index contributed by atoms with van der Waals surface area (Å²) in [6.45, 7) is 0. The molecule has 26 heavy (non-hydrogen) atoms. The van der Waals surface area contributed by atoms with Gasteiger partial charge in [0.05, 0.1) is 11.6 Å². The minimum Gasteiger partial charge on any atom is -0.367 e. The molecule has 1 saturated carbocycles. The number of allylic oxidation sites excluding steroid dienone is 2. The zero-order valence-electron chi connectivity index (χ0n) is 14.9. The molecule has 1 aromatic carbocycles. The van der Waals surface area contributed by atoms with E-state index >= 15 is 0 Å². The number of fused-ring (bicyclic) bond motifs is 1. The standard InChI is InChI=1S/C21H25N5/c1-2-6-16(7-3-1)8-4-5-9-17-10-12-18(13-11-17)25-20-19-14-24-26-21(19)23-15-22-20/h1-3,5-7,9,14-15,17-18H,4,8,10-13H2,(H2,22,23,24,25,26)/b9-5+/t17-,18-. The van der Waals surface area contributed by atoms with Gasteiger partial charge in [0.15, 0.2) is 5.65 Å². The Hall–Kier alpha value is -2.69. The molecule has 0 saturated heterocycles. The molecule has 0 bridgehead atoms. The lowest BCUT2D eigenvalue weighted by atomic mass is 9.85. The highest BCUT2D eigenvalue weighted by molar-refractivity contribution is 5.85. The normalized spacial score (nSPS) is 20.6. The van der Waals surface area contributed by atoms with Gasteiger partial charge >= 0.3 is 0 Å². The van der Waals surface area contributed by atoms with Crippen LogP contribution in [-0.2, 0) is 6.42 Å². The average molecular weight is 347 g/mol. The fourth-order valence-electron chi connectivity index (χ4n) is 3.71. The molecular formula is C21H25N5. The first-order valence-electron chi connectivity index (χ1n) is 9.49. The molecule has 0 aliphatic heterocycles. The van der Waals surface area contributed by atoms with Crippen molar-refractivity contribution in [2.24, 2.45) is 5.92 Å². The molecule has 0 atom stereocenters. The second-order valence-corrected chi connectivity index (χ2v) is 7.06. The smallest absolute Gasteiger partial charge is 0.160 e. The Morgan fingerprint density at radius 3 is 2.77 bits per heavy atom. The largest absolute Gasteiger partial charge is 0.367 e. The van der Waals surface area contributed by atoms with E-state index in [1.54, 1.807) is 12.5 Å². The van der Waals surface area contributed by atoms with Gasteiger partial charge in [-0.15, -0.1) is 0 Å². The number of aromatic nitrogens is 4. The van der Waals surface area contributed by atoms with Crippen LogP contribution in [0.1, 0.15) is 37.7 Å². The van der Waals surface area contributed by atoms with Crippen LogP contribution in [0, 0.1) is 5.92 Å². The van der Waals surface area contributed by atoms with E-state index in [2.05, 4.69) is 68.0 Å². The number of H-pyrrole nitrogens is 1. The van der Waals surface area contributed by atoms with Gasteiger partial charge in [0.2, 0.25) is 0 Å². The van der Waals surface area contributed by atoms with Crippen LogP contribution in [0.4, 0.5) is 5.82 Å². The third-order valence-corrected chi connectivity index (χ3v) is 5.21. The van der Waals surface area contributed by atoms with Crippen molar-refractivity contribution in [3.8, 4) is 0 Å². The molecule has 0 spiro atoms. The molecule has 2 aromatic heterocycles. The van der Waals surface area contributed by atoms with E-state index in [0.29, 0.717) is 12.0 Å². The maximum Gasteiger partial charge on any atom is 0.160 e. The molecule has 1 aliphatic carbocycles. The zero-order valence-corrected chi connectivity index (χ0v) is 14.9. The van der Waals surface area contributed by atoms with Crippen LogP contribution in [0.15, 0.2) is 55.0 Å². The van der Waals surface area contributed by atoms with Crippen LogP contribution in [0.2, 0.25) is 0 Å². The van der Waals surface area contributed by atoms with Crippen LogP contribution in [0.3, 0.4) is 0 Å². The number of hydrogen-bond donors (Lipinski definition) is 2. The number of nitrogens with zero attached hydrogens (tertiary/aromatic N) is 3. The molecule has 2 heterocycles. The molecule has 5 nitrogen and oxygen atoms in total. The van der Waals surface area contributed by atoms with E-state index in [9.17, 15) is 0 Å². The second-order valence-electron chi connectivity index (χ2n) is 7.06. The Morgan fingerprint density at radius 1 is 1.08 bits per heavy atom. The first-order valence-corrected chi connectivity index (χ1v) is 9.49. The molecule has 0 radical (unpaired) electrons. The van der Waals surface area contributed by atoms with Crippen molar-refractivity contribution in [2.75, 3.05) is 5.32 Å². The van der Waals surface area contributed by atoms with Crippen molar-refractivity contribution in [1.82, 2.24) is 20.2 Å². The molecule has 4 rings (SSSR count). The van der Waals surface area contributed by atoms with Gasteiger partial charge in [-0.05, 0) is 50.0 Å². The van der Waals surface area contributed by atoms with Crippen molar-refractivity contribution < 1.29 is 0 Å². The van der Waals surface area contributed by atoms with Crippen LogP contribution in [-0.4, -0.2) is 26.2 Å². The topological polar surface area (TPSA) is 66.5 Å². The van der Waals surface area contributed by atoms with Gasteiger partial charge in [-0.1, -0.05) is 42.5 Å². The Labute approximate surface area is 154 Å². The molecular weight excluding hydrogens is 322 g/mol. The van der Waals surface area contributed by atoms with Crippen LogP contribution in [0.5, 0.6) is 0 Å². The first-order chi connectivity index (χ1) is 12.9. The lowest BCUT2D eigenvalue weighted by Gasteiger charge is -2.28. The molecule has 134 valence electrons. The zero-order chi connectivity index (χ0) is 17.6. The highest BCUT2D eigenvalue weighted by Gasteiger charge is 2.20. The third-order valence-electron chi connectivity index (χ3n) is 5.21. The van der Waals surface area contributed by atoms with Crippen molar-refractivity contribution >= 4 is 16.9 Å². The lowest BCUT2D eigenvalue weighted by Crippen LogP contribution is -2.26. The molecule has 0 unspecified atom stereocenters. The fraction of sp³-hybridized carbons (Fsp3) is 0.381. The van der Waals surface area contributed by atoms with Crippen LogP contribution < -0.4 is 5.32 Å². The van der Waals surface area contributed by atoms with Crippen molar-refractivity contribution in [1.29, 1.82) is 0 Å². The molecule has 1 aliphatic rings. The predicted octanol–water partition coefficient (Wildman–Crippen LogP) is 4.51. The monoisotopic (exact) mass is 347 g/mol. The number of aryl methyl sites for hydroxylation is 1. The van der Waals surface area contributed by atoms with Crippen LogP contribution in [0.25, 0.3) is 11.0 Å². The van der Waals surface area contributed by atoms with Gasteiger partial charge in [-0.25, -0.2) is 9.97 Å². The summed E-state index contributed by atoms with van der Waals surface area (Å²) in [6.07, 6.45) is 15.3. The maximum atomic E-state index is 4.39. The first kappa shape index (κ1) is 16.8. The average Bonchev–Trinajstić information content (AvgIpc) is 3.17. The number of nitrogens with one attached hydrogen (secondary N) is 2. The molecule has 1 fully saturated rings. The van der Waals surface area contributed by atoms with E-state index in [1.165, 1.54) is 31.2 Å². The molecule has 2 N–H and O–H groups in total. The van der Waals surface area contributed by atoms with Gasteiger partial charge in [0, 0.05) is 6.04 Å². The number of rotatable bonds is 6. The van der Waals surface area contributed by atoms with Crippen molar-refractivity contribution in [3.63, 3.8) is 0 Å². The SMILES string of the molecule is C(=C\[C@H]1CC[C@H](Nc2ncnc3[nH]ncc23)CC1)/CCc1ccccc1. The number of hydrogen-bond acceptors (Lipinski definition) is 4. The van der Waals surface area contributed by atoms with Crippen LogP contribution >= 0.6 is 0 Å². The minimum absolute atomic E-state index is 0.483. The summed E-state index contributed by atoms with van der Waals surface area (Å²) in [7, 11) is 0. The summed E-state index contributed by atoms with van der Waals surface area (Å²) in [5, 5.41) is 11.5. The summed E-state index contributed by atoms with van der Waals surface area (Å²) in [5.74, 6) is 1.61. The van der Waals surface area contributed by atoms with E-state index < -0.39 is 0 Å². The van der Waals surface area contributed by atoms with E-state index in [-0.39, 0.29) is 0 Å². The maximum absolute atomic E-state index is 4.39. The Bertz CT molecular complexity index is 847. The quantitative estimate of drug-likeness (QED) is 0.644. The summed E-state index contributed by atoms with van der Waals surface area (Å²) >= 11 is 0. The number of anilines is 1. The minimum atomic E-state index is 0.483. The second kappa shape index (κ2) is 8.13. The summed E-state index contributed by atoms with van der Waals surface area (Å²) < 4.78 is 0. The van der Waals surface area contributed by atoms with E-state index in [4.69, 9.17) is 0 Å². The molecule has 3 aromatic rings. The Morgan fingerprint density at radius 2 is 1.92 bits per heavy atom. The van der Waals surface area contributed by atoms with E-state index in [1.807, 2.05) is 0 Å². The van der Waals surface area contributed by atoms with Gasteiger partial charge in [0.25, 0.3) is 0 Å². The lowest BCUT2D eigenvalue weighted by molar-refractivity contribution is 0.390. The highest BCUT2D eigenvalue weighted by atomic mass is 15.2. The van der Waals surface area contributed by atoms with E-state index in [0.717, 1.165) is 29.7 Å². The van der Waals surface area contributed by atoms with Gasteiger partial charge in [-0.3, -0.25) is 5.10 Å². The fourth-order valence-corrected chi connectivity index (χ4v) is 3.71. The Balaban J connectivity index is 1.24. The number of aromatic amines is 1. The predicted molar refractivity (Wildman–Crippen MR) is 105 cm³/mol.